The third kappa shape index (κ3) is 5.70. The van der Waals surface area contributed by atoms with Gasteiger partial charge in [0.05, 0.1) is 0 Å². The minimum atomic E-state index is -1.01. The summed E-state index contributed by atoms with van der Waals surface area (Å²) in [6, 6.07) is 10.5. The molecule has 0 aliphatic carbocycles. The second-order valence-electron chi connectivity index (χ2n) is 7.48. The first kappa shape index (κ1) is 21.6. The van der Waals surface area contributed by atoms with Crippen molar-refractivity contribution in [1.82, 2.24) is 9.88 Å². The Morgan fingerprint density at radius 1 is 1.17 bits per heavy atom. The Morgan fingerprint density at radius 2 is 1.83 bits per heavy atom. The van der Waals surface area contributed by atoms with E-state index in [9.17, 15) is 9.59 Å². The molecule has 0 unspecified atom stereocenters. The van der Waals surface area contributed by atoms with Gasteiger partial charge in [-0.2, -0.15) is 0 Å². The fourth-order valence-corrected chi connectivity index (χ4v) is 3.61. The molecule has 1 saturated heterocycles. The second-order valence-corrected chi connectivity index (χ2v) is 8.84. The molecule has 8 heteroatoms. The number of halogens is 2. The van der Waals surface area contributed by atoms with Crippen LogP contribution in [0.2, 0.25) is 5.02 Å². The van der Waals surface area contributed by atoms with E-state index in [0.29, 0.717) is 42.5 Å². The summed E-state index contributed by atoms with van der Waals surface area (Å²) in [5, 5.41) is 3.45. The number of rotatable bonds is 5. The smallest absolute Gasteiger partial charge is 0.266 e. The second kappa shape index (κ2) is 9.13. The van der Waals surface area contributed by atoms with Crippen LogP contribution in [-0.2, 0) is 9.59 Å². The van der Waals surface area contributed by atoms with Crippen molar-refractivity contribution in [2.24, 2.45) is 5.92 Å². The first-order valence-electron chi connectivity index (χ1n) is 9.41. The Kier molecular flexibility index (Phi) is 6.80. The van der Waals surface area contributed by atoms with Crippen LogP contribution in [-0.4, -0.2) is 40.4 Å². The third-order valence-corrected chi connectivity index (χ3v) is 5.55. The largest absolute Gasteiger partial charge is 0.478 e. The van der Waals surface area contributed by atoms with Crippen LogP contribution in [0.5, 0.6) is 5.75 Å². The average molecular weight is 481 g/mol. The van der Waals surface area contributed by atoms with Gasteiger partial charge in [-0.05, 0) is 79.0 Å². The standard InChI is InChI=1S/C21H23BrClN3O3/c1-21(2,29-17-6-4-16(23)5-7-17)20(28)26-11-9-14(10-12-26)19(27)25-18-8-3-15(22)13-24-18/h3-8,13-14H,9-12H2,1-2H3,(H,24,25,27). The van der Waals surface area contributed by atoms with Crippen molar-refractivity contribution in [3.63, 3.8) is 0 Å². The van der Waals surface area contributed by atoms with Crippen LogP contribution >= 0.6 is 27.5 Å². The molecule has 2 aromatic rings. The summed E-state index contributed by atoms with van der Waals surface area (Å²) in [6.07, 6.45) is 2.84. The third-order valence-electron chi connectivity index (χ3n) is 4.83. The maximum absolute atomic E-state index is 13.0. The van der Waals surface area contributed by atoms with Crippen LogP contribution in [0, 0.1) is 5.92 Å². The molecule has 1 aliphatic heterocycles. The Labute approximate surface area is 183 Å². The highest BCUT2D eigenvalue weighted by molar-refractivity contribution is 9.10. The fourth-order valence-electron chi connectivity index (χ4n) is 3.24. The molecule has 1 N–H and O–H groups in total. The Morgan fingerprint density at radius 3 is 2.41 bits per heavy atom. The predicted octanol–water partition coefficient (Wildman–Crippen LogP) is 4.53. The average Bonchev–Trinajstić information content (AvgIpc) is 2.71. The molecule has 0 spiro atoms. The highest BCUT2D eigenvalue weighted by Gasteiger charge is 2.37. The molecule has 0 atom stereocenters. The van der Waals surface area contributed by atoms with E-state index in [-0.39, 0.29) is 17.7 Å². The molecular formula is C21H23BrClN3O3. The maximum atomic E-state index is 13.0. The van der Waals surface area contributed by atoms with Crippen LogP contribution in [0.3, 0.4) is 0 Å². The number of benzene rings is 1. The van der Waals surface area contributed by atoms with Crippen molar-refractivity contribution in [3.8, 4) is 5.75 Å². The summed E-state index contributed by atoms with van der Waals surface area (Å²) >= 11 is 9.21. The number of amides is 2. The lowest BCUT2D eigenvalue weighted by Crippen LogP contribution is -2.52. The zero-order valence-electron chi connectivity index (χ0n) is 16.3. The Bertz CT molecular complexity index is 864. The zero-order valence-corrected chi connectivity index (χ0v) is 18.7. The monoisotopic (exact) mass is 479 g/mol. The van der Waals surface area contributed by atoms with E-state index in [1.807, 2.05) is 6.07 Å². The number of hydrogen-bond donors (Lipinski definition) is 1. The van der Waals surface area contributed by atoms with Gasteiger partial charge in [-0.1, -0.05) is 11.6 Å². The molecule has 1 fully saturated rings. The molecule has 0 bridgehead atoms. The SMILES string of the molecule is CC(C)(Oc1ccc(Cl)cc1)C(=O)N1CCC(C(=O)Nc2ccc(Br)cn2)CC1. The minimum Gasteiger partial charge on any atom is -0.478 e. The fraction of sp³-hybridized carbons (Fsp3) is 0.381. The van der Waals surface area contributed by atoms with Crippen molar-refractivity contribution >= 4 is 45.2 Å². The number of carbonyl (C=O) groups is 2. The Balaban J connectivity index is 1.53. The zero-order chi connectivity index (χ0) is 21.0. The molecule has 1 aromatic carbocycles. The number of pyridine rings is 1. The van der Waals surface area contributed by atoms with E-state index in [1.54, 1.807) is 55.3 Å². The van der Waals surface area contributed by atoms with Gasteiger partial charge in [0.15, 0.2) is 5.60 Å². The molecule has 0 radical (unpaired) electrons. The number of nitrogens with one attached hydrogen (secondary N) is 1. The van der Waals surface area contributed by atoms with Gasteiger partial charge in [0, 0.05) is 34.7 Å². The summed E-state index contributed by atoms with van der Waals surface area (Å²) in [4.78, 5) is 31.4. The highest BCUT2D eigenvalue weighted by atomic mass is 79.9. The molecule has 0 saturated carbocycles. The van der Waals surface area contributed by atoms with Crippen molar-refractivity contribution in [2.75, 3.05) is 18.4 Å². The van der Waals surface area contributed by atoms with Crippen molar-refractivity contribution in [1.29, 1.82) is 0 Å². The maximum Gasteiger partial charge on any atom is 0.266 e. The summed E-state index contributed by atoms with van der Waals surface area (Å²) in [6.45, 7) is 4.53. The van der Waals surface area contributed by atoms with E-state index < -0.39 is 5.60 Å². The van der Waals surface area contributed by atoms with Crippen molar-refractivity contribution < 1.29 is 14.3 Å². The van der Waals surface area contributed by atoms with E-state index in [2.05, 4.69) is 26.2 Å². The molecule has 2 heterocycles. The van der Waals surface area contributed by atoms with Crippen LogP contribution in [0.4, 0.5) is 5.82 Å². The number of piperidine rings is 1. The lowest BCUT2D eigenvalue weighted by molar-refractivity contribution is -0.147. The molecule has 29 heavy (non-hydrogen) atoms. The summed E-state index contributed by atoms with van der Waals surface area (Å²) in [7, 11) is 0. The lowest BCUT2D eigenvalue weighted by atomic mass is 9.94. The number of carbonyl (C=O) groups excluding carboxylic acids is 2. The van der Waals surface area contributed by atoms with Gasteiger partial charge in [0.25, 0.3) is 5.91 Å². The summed E-state index contributed by atoms with van der Waals surface area (Å²) < 4.78 is 6.75. The van der Waals surface area contributed by atoms with Gasteiger partial charge in [-0.25, -0.2) is 4.98 Å². The van der Waals surface area contributed by atoms with E-state index in [0.717, 1.165) is 4.47 Å². The first-order chi connectivity index (χ1) is 13.7. The van der Waals surface area contributed by atoms with Gasteiger partial charge in [0.2, 0.25) is 5.91 Å². The number of ether oxygens (including phenoxy) is 1. The topological polar surface area (TPSA) is 71.5 Å². The van der Waals surface area contributed by atoms with Crippen molar-refractivity contribution in [2.45, 2.75) is 32.3 Å². The molecule has 154 valence electrons. The first-order valence-corrected chi connectivity index (χ1v) is 10.6. The number of likely N-dealkylation sites (tertiary alicyclic amines) is 1. The summed E-state index contributed by atoms with van der Waals surface area (Å²) in [5.41, 5.74) is -1.01. The number of hydrogen-bond acceptors (Lipinski definition) is 4. The van der Waals surface area contributed by atoms with E-state index in [4.69, 9.17) is 16.3 Å². The van der Waals surface area contributed by atoms with Crippen LogP contribution in [0.1, 0.15) is 26.7 Å². The minimum absolute atomic E-state index is 0.0661. The molecule has 6 nitrogen and oxygen atoms in total. The normalized spacial score (nSPS) is 15.1. The van der Waals surface area contributed by atoms with Gasteiger partial charge in [-0.3, -0.25) is 9.59 Å². The predicted molar refractivity (Wildman–Crippen MR) is 116 cm³/mol. The van der Waals surface area contributed by atoms with Gasteiger partial charge in [-0.15, -0.1) is 0 Å². The molecule has 1 aromatic heterocycles. The summed E-state index contributed by atoms with van der Waals surface area (Å²) in [5.74, 6) is 0.799. The van der Waals surface area contributed by atoms with Crippen LogP contribution in [0.25, 0.3) is 0 Å². The number of aromatic nitrogens is 1. The van der Waals surface area contributed by atoms with E-state index >= 15 is 0 Å². The Hall–Kier alpha value is -2.12. The van der Waals surface area contributed by atoms with Gasteiger partial charge >= 0.3 is 0 Å². The highest BCUT2D eigenvalue weighted by Crippen LogP contribution is 2.25. The van der Waals surface area contributed by atoms with Crippen LogP contribution in [0.15, 0.2) is 47.1 Å². The molecule has 1 aliphatic rings. The number of anilines is 1. The van der Waals surface area contributed by atoms with Gasteiger partial charge in [0.1, 0.15) is 11.6 Å². The van der Waals surface area contributed by atoms with Gasteiger partial charge < -0.3 is 15.0 Å². The molecule has 2 amide bonds. The van der Waals surface area contributed by atoms with E-state index in [1.165, 1.54) is 0 Å². The molecular weight excluding hydrogens is 458 g/mol. The number of nitrogens with zero attached hydrogens (tertiary/aromatic N) is 2. The lowest BCUT2D eigenvalue weighted by Gasteiger charge is -2.36. The van der Waals surface area contributed by atoms with Crippen LogP contribution < -0.4 is 10.1 Å². The molecule has 3 rings (SSSR count). The van der Waals surface area contributed by atoms with Crippen molar-refractivity contribution in [3.05, 3.63) is 52.1 Å². The quantitative estimate of drug-likeness (QED) is 0.682.